The fourth-order valence-corrected chi connectivity index (χ4v) is 18.2. The van der Waals surface area contributed by atoms with E-state index in [9.17, 15) is 0 Å². The van der Waals surface area contributed by atoms with E-state index in [-0.39, 0.29) is 68.6 Å². The van der Waals surface area contributed by atoms with E-state index < -0.39 is 0 Å². The van der Waals surface area contributed by atoms with Gasteiger partial charge in [-0.05, 0) is 136 Å². The van der Waals surface area contributed by atoms with Crippen LogP contribution >= 0.6 is 0 Å². The molecule has 10 heterocycles. The van der Waals surface area contributed by atoms with Crippen LogP contribution in [0.25, 0.3) is 172 Å². The Kier molecular flexibility index (Phi) is 25.1. The van der Waals surface area contributed by atoms with Gasteiger partial charge in [0.1, 0.15) is 11.2 Å². The summed E-state index contributed by atoms with van der Waals surface area (Å²) >= 11 is 0. The molecule has 14 nitrogen and oxygen atoms in total. The number of imidazole rings is 2. The number of nitrogens with zero attached hydrogens (tertiary/aromatic N) is 12. The van der Waals surface area contributed by atoms with Gasteiger partial charge in [-0.1, -0.05) is 202 Å². The van der Waals surface area contributed by atoms with Gasteiger partial charge in [0, 0.05) is 116 Å². The maximum atomic E-state index is 5.98. The minimum absolute atomic E-state index is 0. The summed E-state index contributed by atoms with van der Waals surface area (Å²) in [7, 11) is 2.00. The van der Waals surface area contributed by atoms with Crippen LogP contribution in [-0.2, 0) is 75.7 Å². The third-order valence-corrected chi connectivity index (χ3v) is 24.8. The fourth-order valence-electron chi connectivity index (χ4n) is 18.2. The van der Waals surface area contributed by atoms with Gasteiger partial charge < -0.3 is 56.8 Å². The monoisotopic (exact) mass is 2310 g/mol. The van der Waals surface area contributed by atoms with Crippen LogP contribution < -0.4 is 9.80 Å². The molecule has 25 rings (SSSR count). The van der Waals surface area contributed by atoms with Crippen LogP contribution in [0.3, 0.4) is 0 Å². The number of hydrogen-bond donors (Lipinski definition) is 0. The summed E-state index contributed by atoms with van der Waals surface area (Å²) in [5.41, 5.74) is 27.4. The number of fused-ring (bicyclic) bond motifs is 12. The smallest absolute Gasteiger partial charge is 0.455 e. The van der Waals surface area contributed by atoms with Crippen molar-refractivity contribution in [2.45, 2.75) is 19.3 Å². The molecule has 0 N–H and O–H groups in total. The summed E-state index contributed by atoms with van der Waals surface area (Å²) in [5, 5.41) is 8.97. The standard InChI is InChI=1S/C44H29N5.C39H27N5.C37H24N2O2.3Pt/c1-4-16-34(17-5-1)47-27-26-45-44(47)33-15-13-23-38(29-33)48(35-18-6-2-7-19-35)37-22-12-14-32(28-37)41-30-40-39-24-10-11-25-42(39)49(43(40)31-46-41)36-20-8-3-9-21-36;1-42-23-22-40-39(42)29-13-11-19-33(25-29)43(30-14-4-2-5-15-30)32-18-10-12-28(24-32)36-26-35-34-20-8-9-21-37(34)44(38(35)27-41-36)31-16-6-3-7-17-31;1-37(2,25-11-7-9-23(17-25)31-19-29-27-13-3-5-15-33(27)40-35(29)21-38-31)26-12-8-10-24(18-26)32-20-30-28-14-4-6-16-34(28)41-36(30)22-39-32;;;/h1-27,30-31H;2-23,26-27H,1H3;3-16,19-22H,1-2H3;;;/q3*-2;3*+2. The molecular formula is C120H80N12O2Pt3. The number of anilines is 6. The second-order valence-corrected chi connectivity index (χ2v) is 33.4. The average Bonchev–Trinajstić information content (AvgIpc) is 1.60. The van der Waals surface area contributed by atoms with Crippen molar-refractivity contribution in [2.24, 2.45) is 7.05 Å². The third kappa shape index (κ3) is 17.2. The quantitative estimate of drug-likeness (QED) is 0.0812. The minimum atomic E-state index is -0.356. The van der Waals surface area contributed by atoms with Gasteiger partial charge in [0.15, 0.2) is 11.2 Å². The summed E-state index contributed by atoms with van der Waals surface area (Å²) in [6.45, 7) is 4.41. The van der Waals surface area contributed by atoms with Gasteiger partial charge in [-0.3, -0.25) is 9.97 Å². The molecule has 0 spiro atoms. The topological polar surface area (TPSA) is 130 Å². The van der Waals surface area contributed by atoms with Crippen LogP contribution in [0.4, 0.5) is 34.1 Å². The molecule has 17 heteroatoms. The fraction of sp³-hybridized carbons (Fsp3) is 0.0333. The zero-order valence-electron chi connectivity index (χ0n) is 74.1. The van der Waals surface area contributed by atoms with Gasteiger partial charge >= 0.3 is 63.2 Å². The maximum Gasteiger partial charge on any atom is 2.00 e. The first-order chi connectivity index (χ1) is 66.1. The molecule has 137 heavy (non-hydrogen) atoms. The van der Waals surface area contributed by atoms with Crippen LogP contribution in [-0.4, -0.2) is 48.2 Å². The zero-order valence-corrected chi connectivity index (χ0v) is 80.9. The Morgan fingerprint density at radius 3 is 1.01 bits per heavy atom. The molecule has 0 fully saturated rings. The Morgan fingerprint density at radius 1 is 0.263 bits per heavy atom. The molecule has 0 atom stereocenters. The number of benzene rings is 15. The zero-order chi connectivity index (χ0) is 89.6. The molecule has 0 bridgehead atoms. The van der Waals surface area contributed by atoms with Gasteiger partial charge in [-0.25, -0.2) is 0 Å². The van der Waals surface area contributed by atoms with Crippen molar-refractivity contribution in [3.05, 3.63) is 479 Å². The molecule has 662 valence electrons. The van der Waals surface area contributed by atoms with Crippen molar-refractivity contribution in [1.29, 1.82) is 0 Å². The number of para-hydroxylation sites is 9. The van der Waals surface area contributed by atoms with Crippen molar-refractivity contribution in [3.8, 4) is 84.9 Å². The van der Waals surface area contributed by atoms with Gasteiger partial charge in [0.05, 0.1) is 46.1 Å². The van der Waals surface area contributed by atoms with Gasteiger partial charge in [0.25, 0.3) is 0 Å². The number of aromatic nitrogens is 10. The van der Waals surface area contributed by atoms with Gasteiger partial charge in [0.2, 0.25) is 0 Å². The normalized spacial score (nSPS) is 11.3. The van der Waals surface area contributed by atoms with Crippen molar-refractivity contribution >= 4 is 122 Å². The summed E-state index contributed by atoms with van der Waals surface area (Å²) in [6, 6.07) is 153. The van der Waals surface area contributed by atoms with E-state index in [1.165, 1.54) is 10.8 Å². The molecular weight excluding hydrogens is 2230 g/mol. The molecule has 15 aromatic carbocycles. The van der Waals surface area contributed by atoms with Crippen LogP contribution in [0.1, 0.15) is 25.0 Å². The Bertz CT molecular complexity index is 8510. The number of rotatable bonds is 17. The maximum absolute atomic E-state index is 5.98. The van der Waals surface area contributed by atoms with Crippen molar-refractivity contribution < 1.29 is 72.0 Å². The molecule has 0 amide bonds. The molecule has 0 saturated carbocycles. The molecule has 0 aliphatic rings. The summed E-state index contributed by atoms with van der Waals surface area (Å²) in [5.74, 6) is 1.69. The van der Waals surface area contributed by atoms with Crippen LogP contribution in [0, 0.1) is 36.4 Å². The van der Waals surface area contributed by atoms with Crippen LogP contribution in [0.5, 0.6) is 0 Å². The minimum Gasteiger partial charge on any atom is -0.455 e. The first kappa shape index (κ1) is 89.1. The van der Waals surface area contributed by atoms with E-state index in [0.717, 1.165) is 207 Å². The Morgan fingerprint density at radius 2 is 0.591 bits per heavy atom. The number of furan rings is 2. The van der Waals surface area contributed by atoms with Crippen LogP contribution in [0.15, 0.2) is 441 Å². The van der Waals surface area contributed by atoms with E-state index in [0.29, 0.717) is 0 Å². The summed E-state index contributed by atoms with van der Waals surface area (Å²) in [6.07, 6.45) is 15.2. The molecule has 10 aromatic heterocycles. The summed E-state index contributed by atoms with van der Waals surface area (Å²) in [4.78, 5) is 33.0. The first-order valence-electron chi connectivity index (χ1n) is 44.5. The van der Waals surface area contributed by atoms with E-state index in [1.807, 2.05) is 152 Å². The molecule has 0 aliphatic heterocycles. The molecule has 0 unspecified atom stereocenters. The first-order valence-corrected chi connectivity index (χ1v) is 44.5. The van der Waals surface area contributed by atoms with Crippen molar-refractivity contribution in [3.63, 3.8) is 0 Å². The SMILES string of the molecule is CC(C)(c1[c-]c(-c2cc3c(cn2)oc2ccccc23)ccc1)c1[c-]c(-c2cc3c(cn2)oc2ccccc23)ccc1.Cn1ccnc1-c1[c-]c(N(c2[c-]c(-c3cc4c5ccccc5n(-c5ccccc5)c4cn3)ccc2)c2ccccc2)ccc1.[Pt+2].[Pt+2].[Pt+2].[c-]1c(-c2cc3c4ccccc4n(-c4ccccc4)c3cn2)cccc1N(c1[c-]c(-c2nccn2-c2ccccc2)ccc1)c1ccccc1. The van der Waals surface area contributed by atoms with E-state index >= 15 is 0 Å². The van der Waals surface area contributed by atoms with Crippen molar-refractivity contribution in [1.82, 2.24) is 48.2 Å². The van der Waals surface area contributed by atoms with Crippen LogP contribution in [0.2, 0.25) is 0 Å². The van der Waals surface area contributed by atoms with Crippen molar-refractivity contribution in [2.75, 3.05) is 9.80 Å². The second-order valence-electron chi connectivity index (χ2n) is 33.4. The predicted molar refractivity (Wildman–Crippen MR) is 541 cm³/mol. The van der Waals surface area contributed by atoms with E-state index in [1.54, 1.807) is 12.4 Å². The number of pyridine rings is 4. The third-order valence-electron chi connectivity index (χ3n) is 24.8. The largest absolute Gasteiger partial charge is 2.00 e. The van der Waals surface area contributed by atoms with E-state index in [2.05, 4.69) is 358 Å². The molecule has 0 radical (unpaired) electrons. The molecule has 0 aliphatic carbocycles. The van der Waals surface area contributed by atoms with Gasteiger partial charge in [-0.2, -0.15) is 0 Å². The second kappa shape index (κ2) is 38.6. The Hall–Kier alpha value is -15.8. The number of aryl methyl sites for hydroxylation is 1. The average molecular weight is 2310 g/mol. The number of hydrogen-bond acceptors (Lipinski definition) is 10. The Balaban J connectivity index is 0.000000126. The molecule has 0 saturated heterocycles. The molecule has 25 aromatic rings. The van der Waals surface area contributed by atoms with Gasteiger partial charge in [-0.15, -0.1) is 190 Å². The predicted octanol–water partition coefficient (Wildman–Crippen LogP) is 29.6. The van der Waals surface area contributed by atoms with E-state index in [4.69, 9.17) is 33.8 Å². The Labute approximate surface area is 835 Å². The summed E-state index contributed by atoms with van der Waals surface area (Å²) < 4.78 is 20.6.